The molecule has 0 aromatic carbocycles. The molecule has 13 heavy (non-hydrogen) atoms. The lowest BCUT2D eigenvalue weighted by atomic mass is 9.86. The Morgan fingerprint density at radius 1 is 1.62 bits per heavy atom. The molecule has 0 heterocycles. The van der Waals surface area contributed by atoms with Gasteiger partial charge in [-0.3, -0.25) is 0 Å². The third kappa shape index (κ3) is 2.63. The maximum absolute atomic E-state index is 13.1. The highest BCUT2D eigenvalue weighted by molar-refractivity contribution is 5.73. The van der Waals surface area contributed by atoms with E-state index in [0.29, 0.717) is 0 Å². The lowest BCUT2D eigenvalue weighted by molar-refractivity contribution is -0.166. The number of rotatable bonds is 5. The van der Waals surface area contributed by atoms with Gasteiger partial charge in [-0.05, 0) is 5.92 Å². The molecule has 0 saturated carbocycles. The fourth-order valence-electron chi connectivity index (χ4n) is 0.978. The number of halogens is 1. The van der Waals surface area contributed by atoms with E-state index in [1.807, 2.05) is 0 Å². The normalized spacial score (nSPS) is 18.3. The second-order valence-electron chi connectivity index (χ2n) is 3.28. The average Bonchev–Trinajstić information content (AvgIpc) is 2.02. The van der Waals surface area contributed by atoms with E-state index in [-0.39, 0.29) is 6.61 Å². The summed E-state index contributed by atoms with van der Waals surface area (Å²) < 4.78 is 17.7. The van der Waals surface area contributed by atoms with Gasteiger partial charge in [-0.1, -0.05) is 13.8 Å². The number of hydrogen-bond acceptors (Lipinski definition) is 3. The van der Waals surface area contributed by atoms with E-state index in [0.717, 1.165) is 0 Å². The largest absolute Gasteiger partial charge is 0.479 e. The van der Waals surface area contributed by atoms with Crippen molar-refractivity contribution in [2.24, 2.45) is 5.92 Å². The molecule has 0 amide bonds. The van der Waals surface area contributed by atoms with Crippen LogP contribution < -0.4 is 0 Å². The van der Waals surface area contributed by atoms with Crippen LogP contribution in [0.5, 0.6) is 0 Å². The van der Waals surface area contributed by atoms with Crippen molar-refractivity contribution in [1.29, 1.82) is 0 Å². The van der Waals surface area contributed by atoms with E-state index in [9.17, 15) is 14.3 Å². The third-order valence-corrected chi connectivity index (χ3v) is 2.03. The number of alkyl halides is 1. The molecule has 78 valence electrons. The van der Waals surface area contributed by atoms with Gasteiger partial charge in [0.25, 0.3) is 0 Å². The maximum Gasteiger partial charge on any atom is 0.341 e. The van der Waals surface area contributed by atoms with Gasteiger partial charge in [-0.25, -0.2) is 9.18 Å². The van der Waals surface area contributed by atoms with Gasteiger partial charge >= 0.3 is 5.97 Å². The summed E-state index contributed by atoms with van der Waals surface area (Å²) in [6.45, 7) is 2.74. The highest BCUT2D eigenvalue weighted by Crippen LogP contribution is 2.24. The maximum atomic E-state index is 13.1. The number of aliphatic carboxylic acids is 1. The van der Waals surface area contributed by atoms with Crippen LogP contribution in [0.1, 0.15) is 13.8 Å². The van der Waals surface area contributed by atoms with E-state index >= 15 is 0 Å². The number of carbonyl (C=O) groups is 1. The first kappa shape index (κ1) is 12.3. The third-order valence-electron chi connectivity index (χ3n) is 2.03. The van der Waals surface area contributed by atoms with Crippen LogP contribution in [0.4, 0.5) is 4.39 Å². The smallest absolute Gasteiger partial charge is 0.341 e. The Hall–Kier alpha value is -0.680. The van der Waals surface area contributed by atoms with Gasteiger partial charge in [0.15, 0.2) is 0 Å². The first-order chi connectivity index (χ1) is 5.86. The molecule has 4 nitrogen and oxygen atoms in total. The van der Waals surface area contributed by atoms with Crippen molar-refractivity contribution in [1.82, 2.24) is 0 Å². The van der Waals surface area contributed by atoms with Gasteiger partial charge in [0, 0.05) is 7.11 Å². The lowest BCUT2D eigenvalue weighted by Crippen LogP contribution is -2.52. The highest BCUT2D eigenvalue weighted by atomic mass is 19.1. The second-order valence-corrected chi connectivity index (χ2v) is 3.28. The number of methoxy groups -OCH3 is 1. The van der Waals surface area contributed by atoms with Crippen LogP contribution in [0.3, 0.4) is 0 Å². The summed E-state index contributed by atoms with van der Waals surface area (Å²) in [4.78, 5) is 10.3. The van der Waals surface area contributed by atoms with Crippen LogP contribution in [0.2, 0.25) is 0 Å². The molecule has 0 fully saturated rings. The molecule has 2 N–H and O–H groups in total. The lowest BCUT2D eigenvalue weighted by Gasteiger charge is -2.32. The molecule has 2 atom stereocenters. The van der Waals surface area contributed by atoms with E-state index in [2.05, 4.69) is 4.74 Å². The van der Waals surface area contributed by atoms with Gasteiger partial charge in [-0.15, -0.1) is 0 Å². The van der Waals surface area contributed by atoms with Crippen LogP contribution >= 0.6 is 0 Å². The first-order valence-corrected chi connectivity index (χ1v) is 3.94. The number of ether oxygens (including phenoxy) is 1. The van der Waals surface area contributed by atoms with Crippen molar-refractivity contribution >= 4 is 5.97 Å². The molecule has 0 aromatic rings. The van der Waals surface area contributed by atoms with Crippen molar-refractivity contribution < 1.29 is 24.1 Å². The van der Waals surface area contributed by atoms with Crippen molar-refractivity contribution in [2.75, 3.05) is 13.7 Å². The number of carboxylic acid groups (broad SMARTS) is 1. The molecular weight excluding hydrogens is 179 g/mol. The summed E-state index contributed by atoms with van der Waals surface area (Å²) in [6.07, 6.45) is -2.33. The van der Waals surface area contributed by atoms with Crippen molar-refractivity contribution in [2.45, 2.75) is 25.6 Å². The molecule has 0 rings (SSSR count). The molecule has 0 aromatic heterocycles. The van der Waals surface area contributed by atoms with Gasteiger partial charge < -0.3 is 14.9 Å². The van der Waals surface area contributed by atoms with E-state index in [1.54, 1.807) is 0 Å². The Balaban J connectivity index is 4.67. The minimum atomic E-state index is -2.33. The molecule has 0 spiro atoms. The molecule has 0 aliphatic rings. The summed E-state index contributed by atoms with van der Waals surface area (Å²) in [5, 5.41) is 18.0. The molecule has 0 bridgehead atoms. The van der Waals surface area contributed by atoms with Gasteiger partial charge in [0.1, 0.15) is 5.60 Å². The van der Waals surface area contributed by atoms with Gasteiger partial charge in [0.05, 0.1) is 6.61 Å². The molecule has 5 heteroatoms. The SMILES string of the molecule is COCC(O)(C(C)C)C(F)C(=O)O. The Kier molecular flexibility index (Phi) is 4.29. The van der Waals surface area contributed by atoms with E-state index < -0.39 is 23.7 Å². The van der Waals surface area contributed by atoms with E-state index in [4.69, 9.17) is 5.11 Å². The fraction of sp³-hybridized carbons (Fsp3) is 0.875. The topological polar surface area (TPSA) is 66.8 Å². The molecule has 0 radical (unpaired) electrons. The van der Waals surface area contributed by atoms with Crippen molar-refractivity contribution in [3.8, 4) is 0 Å². The Morgan fingerprint density at radius 2 is 2.08 bits per heavy atom. The second kappa shape index (κ2) is 4.53. The Labute approximate surface area is 76.3 Å². The summed E-state index contributed by atoms with van der Waals surface area (Å²) in [5.41, 5.74) is -1.96. The summed E-state index contributed by atoms with van der Waals surface area (Å²) in [6, 6.07) is 0. The zero-order chi connectivity index (χ0) is 10.6. The minimum absolute atomic E-state index is 0.335. The van der Waals surface area contributed by atoms with Crippen LogP contribution in [-0.2, 0) is 9.53 Å². The molecule has 2 unspecified atom stereocenters. The fourth-order valence-corrected chi connectivity index (χ4v) is 0.978. The molecule has 0 aliphatic heterocycles. The molecule has 0 saturated heterocycles. The summed E-state index contributed by atoms with van der Waals surface area (Å²) >= 11 is 0. The standard InChI is InChI=1S/C8H15FO4/c1-5(2)8(12,4-13-3)6(9)7(10)11/h5-6,12H,4H2,1-3H3,(H,10,11). The average molecular weight is 194 g/mol. The van der Waals surface area contributed by atoms with Crippen LogP contribution in [0, 0.1) is 5.92 Å². The predicted molar refractivity (Wildman–Crippen MR) is 44.2 cm³/mol. The Bertz CT molecular complexity index is 183. The Morgan fingerprint density at radius 3 is 2.31 bits per heavy atom. The number of carboxylic acids is 1. The minimum Gasteiger partial charge on any atom is -0.479 e. The zero-order valence-corrected chi connectivity index (χ0v) is 7.95. The van der Waals surface area contributed by atoms with Crippen molar-refractivity contribution in [3.05, 3.63) is 0 Å². The monoisotopic (exact) mass is 194 g/mol. The zero-order valence-electron chi connectivity index (χ0n) is 7.95. The molecular formula is C8H15FO4. The van der Waals surface area contributed by atoms with Crippen LogP contribution in [0.15, 0.2) is 0 Å². The summed E-state index contributed by atoms with van der Waals surface area (Å²) in [7, 11) is 1.28. The van der Waals surface area contributed by atoms with Crippen molar-refractivity contribution in [3.63, 3.8) is 0 Å². The molecule has 0 aliphatic carbocycles. The van der Waals surface area contributed by atoms with Crippen LogP contribution in [-0.4, -0.2) is 41.7 Å². The number of hydrogen-bond donors (Lipinski definition) is 2. The van der Waals surface area contributed by atoms with E-state index in [1.165, 1.54) is 21.0 Å². The van der Waals surface area contributed by atoms with Gasteiger partial charge in [0.2, 0.25) is 6.17 Å². The predicted octanol–water partition coefficient (Wildman–Crippen LogP) is 0.443. The summed E-state index contributed by atoms with van der Waals surface area (Å²) in [5.74, 6) is -2.20. The number of aliphatic hydroxyl groups is 1. The van der Waals surface area contributed by atoms with Gasteiger partial charge in [-0.2, -0.15) is 0 Å². The highest BCUT2D eigenvalue weighted by Gasteiger charge is 2.44. The quantitative estimate of drug-likeness (QED) is 0.666. The first-order valence-electron chi connectivity index (χ1n) is 3.94. The van der Waals surface area contributed by atoms with Crippen LogP contribution in [0.25, 0.3) is 0 Å².